The van der Waals surface area contributed by atoms with Crippen molar-refractivity contribution < 1.29 is 9.13 Å². The molecule has 3 rings (SSSR count). The van der Waals surface area contributed by atoms with E-state index >= 15 is 0 Å². The smallest absolute Gasteiger partial charge is 0.294 e. The summed E-state index contributed by atoms with van der Waals surface area (Å²) in [6, 6.07) is 5.18. The van der Waals surface area contributed by atoms with Gasteiger partial charge in [0.05, 0.1) is 16.9 Å². The van der Waals surface area contributed by atoms with Gasteiger partial charge in [-0.25, -0.2) is 13.9 Å². The molecule has 0 spiro atoms. The van der Waals surface area contributed by atoms with Gasteiger partial charge in [0.2, 0.25) is 4.96 Å². The molecule has 2 heterocycles. The first-order chi connectivity index (χ1) is 17.7. The Bertz CT molecular complexity index is 1170. The van der Waals surface area contributed by atoms with Crippen LogP contribution < -0.4 is 4.74 Å². The Balaban J connectivity index is 0.000000410. The monoisotopic (exact) mass is 546 g/mol. The van der Waals surface area contributed by atoms with Gasteiger partial charge in [0.25, 0.3) is 5.19 Å². The maximum Gasteiger partial charge on any atom is 0.294 e. The van der Waals surface area contributed by atoms with Crippen molar-refractivity contribution in [1.29, 1.82) is 0 Å². The van der Waals surface area contributed by atoms with Crippen molar-refractivity contribution in [2.45, 2.75) is 86.2 Å². The highest BCUT2D eigenvalue weighted by molar-refractivity contribution is 7.18. The predicted octanol–water partition coefficient (Wildman–Crippen LogP) is 9.40. The van der Waals surface area contributed by atoms with Crippen LogP contribution >= 0.6 is 22.9 Å². The molecule has 202 valence electrons. The second-order valence-corrected chi connectivity index (χ2v) is 10.5. The number of allylic oxidation sites excluding steroid dienone is 2. The molecule has 0 aliphatic carbocycles. The van der Waals surface area contributed by atoms with Crippen LogP contribution in [0.1, 0.15) is 78.7 Å². The van der Waals surface area contributed by atoms with E-state index in [-0.39, 0.29) is 11.9 Å². The average molecular weight is 547 g/mol. The molecular weight excluding hydrogens is 507 g/mol. The average Bonchev–Trinajstić information content (AvgIpc) is 3.43. The Morgan fingerprint density at radius 2 is 2.03 bits per heavy atom. The molecule has 0 saturated heterocycles. The minimum Gasteiger partial charge on any atom is -0.466 e. The minimum atomic E-state index is -0.260. The van der Waals surface area contributed by atoms with Crippen LogP contribution in [0.25, 0.3) is 16.2 Å². The third-order valence-electron chi connectivity index (χ3n) is 6.08. The lowest BCUT2D eigenvalue weighted by atomic mass is 9.92. The van der Waals surface area contributed by atoms with Crippen molar-refractivity contribution in [3.05, 3.63) is 59.7 Å². The van der Waals surface area contributed by atoms with Crippen molar-refractivity contribution in [3.63, 3.8) is 0 Å². The van der Waals surface area contributed by atoms with Gasteiger partial charge >= 0.3 is 0 Å². The van der Waals surface area contributed by atoms with E-state index in [2.05, 4.69) is 49.3 Å². The number of imidazole rings is 1. The molecule has 3 aromatic rings. The van der Waals surface area contributed by atoms with Gasteiger partial charge in [-0.2, -0.15) is 0 Å². The molecule has 0 aliphatic heterocycles. The lowest BCUT2D eigenvalue weighted by Gasteiger charge is -2.23. The third kappa shape index (κ3) is 9.71. The van der Waals surface area contributed by atoms with E-state index in [0.717, 1.165) is 24.1 Å². The van der Waals surface area contributed by atoms with Gasteiger partial charge in [-0.1, -0.05) is 64.3 Å². The molecule has 0 saturated carbocycles. The van der Waals surface area contributed by atoms with Gasteiger partial charge in [-0.05, 0) is 81.1 Å². The molecule has 37 heavy (non-hydrogen) atoms. The molecule has 0 radical (unpaired) electrons. The summed E-state index contributed by atoms with van der Waals surface area (Å²) in [5.41, 5.74) is 3.05. The Hall–Kier alpha value is -2.51. The number of rotatable bonds is 12. The first kappa shape index (κ1) is 30.7. The van der Waals surface area contributed by atoms with Crippen LogP contribution in [-0.2, 0) is 0 Å². The van der Waals surface area contributed by atoms with Gasteiger partial charge in [0, 0.05) is 17.5 Å². The number of aromatic nitrogens is 3. The minimum absolute atomic E-state index is 0.126. The zero-order chi connectivity index (χ0) is 27.4. The number of aliphatic imine (C=N–C) groups is 1. The molecule has 0 fully saturated rings. The standard InChI is InChI=1S/C21H28FN3OS.C8H12ClN/c1-5-7-9-16(8-6-2)15(4)26-21-24-25-13-19(23-20(25)27-21)17-11-10-14(3)12-18(17)22;1-4-7(3)10-6-8(9)5-2/h10-13,15-16H,5-9H2,1-4H3;5-6H,2,4H2,1,3H3/b;8-6+,10-7?. The summed E-state index contributed by atoms with van der Waals surface area (Å²) in [6.45, 7) is 15.9. The number of nitrogens with zero attached hydrogens (tertiary/aromatic N) is 4. The van der Waals surface area contributed by atoms with E-state index in [1.165, 1.54) is 43.1 Å². The Kier molecular flexibility index (Phi) is 13.0. The maximum atomic E-state index is 14.2. The predicted molar refractivity (Wildman–Crippen MR) is 157 cm³/mol. The highest BCUT2D eigenvalue weighted by atomic mass is 35.5. The number of hydrogen-bond donors (Lipinski definition) is 0. The zero-order valence-electron chi connectivity index (χ0n) is 22.9. The van der Waals surface area contributed by atoms with E-state index < -0.39 is 0 Å². The summed E-state index contributed by atoms with van der Waals surface area (Å²) >= 11 is 7.01. The van der Waals surface area contributed by atoms with E-state index in [1.54, 1.807) is 29.1 Å². The van der Waals surface area contributed by atoms with Crippen LogP contribution in [-0.4, -0.2) is 26.4 Å². The normalized spacial score (nSPS) is 13.7. The molecular formula is C29H40ClFN4OS. The van der Waals surface area contributed by atoms with Crippen LogP contribution in [0.15, 0.2) is 53.3 Å². The Labute approximate surface area is 230 Å². The zero-order valence-corrected chi connectivity index (χ0v) is 24.5. The molecule has 0 N–H and O–H groups in total. The van der Waals surface area contributed by atoms with Gasteiger partial charge in [0.15, 0.2) is 0 Å². The molecule has 0 aliphatic rings. The summed E-state index contributed by atoms with van der Waals surface area (Å²) in [6.07, 6.45) is 12.0. The van der Waals surface area contributed by atoms with Crippen molar-refractivity contribution in [2.75, 3.05) is 0 Å². The summed E-state index contributed by atoms with van der Waals surface area (Å²) in [7, 11) is 0. The highest BCUT2D eigenvalue weighted by Gasteiger charge is 2.20. The second kappa shape index (κ2) is 15.7. The highest BCUT2D eigenvalue weighted by Crippen LogP contribution is 2.30. The number of unbranched alkanes of at least 4 members (excludes halogenated alkanes) is 1. The largest absolute Gasteiger partial charge is 0.466 e. The summed E-state index contributed by atoms with van der Waals surface area (Å²) in [5, 5.41) is 5.70. The van der Waals surface area contributed by atoms with Gasteiger partial charge in [-0.15, -0.1) is 5.10 Å². The van der Waals surface area contributed by atoms with Crippen LogP contribution in [0.3, 0.4) is 0 Å². The third-order valence-corrected chi connectivity index (χ3v) is 7.14. The number of ether oxygens (including phenoxy) is 1. The number of benzene rings is 1. The van der Waals surface area contributed by atoms with Crippen molar-refractivity contribution in [3.8, 4) is 16.5 Å². The van der Waals surface area contributed by atoms with Crippen LogP contribution in [0.5, 0.6) is 5.19 Å². The molecule has 2 atom stereocenters. The first-order valence-electron chi connectivity index (χ1n) is 13.0. The van der Waals surface area contributed by atoms with Crippen LogP contribution in [0.2, 0.25) is 0 Å². The van der Waals surface area contributed by atoms with Crippen LogP contribution in [0, 0.1) is 18.7 Å². The Morgan fingerprint density at radius 3 is 2.62 bits per heavy atom. The molecule has 2 unspecified atom stereocenters. The quantitative estimate of drug-likeness (QED) is 0.168. The summed E-state index contributed by atoms with van der Waals surface area (Å²) in [5.74, 6) is 0.285. The maximum absolute atomic E-state index is 14.2. The molecule has 8 heteroatoms. The fraction of sp³-hybridized carbons (Fsp3) is 0.483. The lowest BCUT2D eigenvalue weighted by Crippen LogP contribution is -2.23. The second-order valence-electron chi connectivity index (χ2n) is 9.15. The van der Waals surface area contributed by atoms with Crippen molar-refractivity contribution in [2.24, 2.45) is 10.9 Å². The van der Waals surface area contributed by atoms with Crippen molar-refractivity contribution >= 4 is 33.6 Å². The Morgan fingerprint density at radius 1 is 1.27 bits per heavy atom. The van der Waals surface area contributed by atoms with E-state index in [4.69, 9.17) is 16.3 Å². The SMILES string of the molecule is C=C/C(Cl)=C\N=C(C)CC.CCCCC(CCC)C(C)Oc1nn2cc(-c3ccc(C)cc3F)nc2s1. The molecule has 2 aromatic heterocycles. The van der Waals surface area contributed by atoms with Crippen LogP contribution in [0.4, 0.5) is 4.39 Å². The number of halogens is 2. The van der Waals surface area contributed by atoms with Gasteiger partial charge < -0.3 is 4.74 Å². The first-order valence-corrected chi connectivity index (χ1v) is 14.2. The molecule has 1 aromatic carbocycles. The molecule has 0 amide bonds. The lowest BCUT2D eigenvalue weighted by molar-refractivity contribution is 0.134. The number of fused-ring (bicyclic) bond motifs is 1. The van der Waals surface area contributed by atoms with E-state index in [0.29, 0.717) is 32.4 Å². The topological polar surface area (TPSA) is 51.8 Å². The fourth-order valence-electron chi connectivity index (χ4n) is 3.71. The number of hydrogen-bond acceptors (Lipinski definition) is 5. The van der Waals surface area contributed by atoms with Gasteiger partial charge in [-0.3, -0.25) is 4.99 Å². The number of aryl methyl sites for hydroxylation is 1. The van der Waals surface area contributed by atoms with Gasteiger partial charge in [0.1, 0.15) is 11.9 Å². The van der Waals surface area contributed by atoms with E-state index in [9.17, 15) is 4.39 Å². The summed E-state index contributed by atoms with van der Waals surface area (Å²) < 4.78 is 22.0. The summed E-state index contributed by atoms with van der Waals surface area (Å²) in [4.78, 5) is 9.31. The molecule has 5 nitrogen and oxygen atoms in total. The molecule has 0 bridgehead atoms. The van der Waals surface area contributed by atoms with E-state index in [1.807, 2.05) is 19.9 Å². The van der Waals surface area contributed by atoms with Crippen molar-refractivity contribution in [1.82, 2.24) is 14.6 Å². The fourth-order valence-corrected chi connectivity index (χ4v) is 4.57.